The van der Waals surface area contributed by atoms with Crippen LogP contribution in [0.4, 0.5) is 4.39 Å². The van der Waals surface area contributed by atoms with Gasteiger partial charge in [0.2, 0.25) is 5.16 Å². The summed E-state index contributed by atoms with van der Waals surface area (Å²) in [7, 11) is 0. The van der Waals surface area contributed by atoms with E-state index in [0.29, 0.717) is 23.3 Å². The summed E-state index contributed by atoms with van der Waals surface area (Å²) >= 11 is 1.50. The van der Waals surface area contributed by atoms with Crippen molar-refractivity contribution in [3.05, 3.63) is 65.2 Å². The van der Waals surface area contributed by atoms with E-state index in [9.17, 15) is 4.39 Å². The first-order valence-corrected chi connectivity index (χ1v) is 9.92. The summed E-state index contributed by atoms with van der Waals surface area (Å²) in [5.41, 5.74) is 2.14. The zero-order valence-electron chi connectivity index (χ0n) is 15.9. The second-order valence-corrected chi connectivity index (χ2v) is 7.34. The molecule has 1 aromatic heterocycles. The third-order valence-electron chi connectivity index (χ3n) is 4.09. The number of nitrogen functional groups attached to an aromatic ring is 1. The lowest BCUT2D eigenvalue weighted by Crippen LogP contribution is -2.16. The van der Waals surface area contributed by atoms with Gasteiger partial charge in [-0.15, -0.1) is 10.2 Å². The standard InChI is InChI=1S/C20H23FN4O2S/c1-14-5-3-6-15(2)19(14)27-13-18-23-24-20(25(18)22)28-12-4-11-26-17-9-7-16(21)8-10-17/h3,5-10H,4,11-13,22H2,1-2H3. The molecule has 3 rings (SSSR count). The minimum atomic E-state index is -0.275. The monoisotopic (exact) mass is 402 g/mol. The number of aromatic nitrogens is 3. The predicted octanol–water partition coefficient (Wildman–Crippen LogP) is 3.89. The molecule has 1 heterocycles. The topological polar surface area (TPSA) is 75.2 Å². The number of hydrogen-bond acceptors (Lipinski definition) is 6. The normalized spacial score (nSPS) is 10.8. The summed E-state index contributed by atoms with van der Waals surface area (Å²) in [6.07, 6.45) is 0.795. The quantitative estimate of drug-likeness (QED) is 0.332. The van der Waals surface area contributed by atoms with Crippen molar-refractivity contribution in [3.63, 3.8) is 0 Å². The number of aryl methyl sites for hydroxylation is 2. The SMILES string of the molecule is Cc1cccc(C)c1OCc1nnc(SCCCOc2ccc(F)cc2)n1N. The lowest BCUT2D eigenvalue weighted by molar-refractivity contribution is 0.288. The average molecular weight is 402 g/mol. The second kappa shape index (κ2) is 9.45. The number of para-hydroxylation sites is 1. The molecule has 0 aliphatic heterocycles. The second-order valence-electron chi connectivity index (χ2n) is 6.28. The zero-order valence-corrected chi connectivity index (χ0v) is 16.7. The Morgan fingerprint density at radius 3 is 2.46 bits per heavy atom. The number of ether oxygens (including phenoxy) is 2. The Bertz CT molecular complexity index is 895. The molecule has 0 spiro atoms. The molecule has 2 N–H and O–H groups in total. The van der Waals surface area contributed by atoms with E-state index in [0.717, 1.165) is 29.1 Å². The van der Waals surface area contributed by atoms with Gasteiger partial charge in [-0.1, -0.05) is 30.0 Å². The van der Waals surface area contributed by atoms with Gasteiger partial charge in [0.05, 0.1) is 6.61 Å². The van der Waals surface area contributed by atoms with Crippen LogP contribution < -0.4 is 15.3 Å². The fourth-order valence-corrected chi connectivity index (χ4v) is 3.40. The largest absolute Gasteiger partial charge is 0.494 e. The van der Waals surface area contributed by atoms with Gasteiger partial charge in [-0.25, -0.2) is 9.07 Å². The molecule has 0 aliphatic rings. The number of benzene rings is 2. The van der Waals surface area contributed by atoms with E-state index in [4.69, 9.17) is 15.3 Å². The van der Waals surface area contributed by atoms with E-state index in [1.807, 2.05) is 32.0 Å². The summed E-state index contributed by atoms with van der Waals surface area (Å²) in [5, 5.41) is 8.87. The van der Waals surface area contributed by atoms with Gasteiger partial charge < -0.3 is 15.3 Å². The Morgan fingerprint density at radius 1 is 1.04 bits per heavy atom. The minimum absolute atomic E-state index is 0.253. The summed E-state index contributed by atoms with van der Waals surface area (Å²) in [4.78, 5) is 0. The molecule has 0 unspecified atom stereocenters. The highest BCUT2D eigenvalue weighted by Gasteiger charge is 2.12. The molecule has 0 aliphatic carbocycles. The highest BCUT2D eigenvalue weighted by molar-refractivity contribution is 7.99. The molecule has 0 radical (unpaired) electrons. The number of nitrogens with zero attached hydrogens (tertiary/aromatic N) is 3. The third-order valence-corrected chi connectivity index (χ3v) is 5.12. The number of thioether (sulfide) groups is 1. The van der Waals surface area contributed by atoms with Crippen molar-refractivity contribution in [2.24, 2.45) is 0 Å². The summed E-state index contributed by atoms with van der Waals surface area (Å²) in [6.45, 7) is 4.79. The molecule has 148 valence electrons. The number of halogens is 1. The van der Waals surface area contributed by atoms with Crippen LogP contribution in [-0.2, 0) is 6.61 Å². The van der Waals surface area contributed by atoms with Crippen molar-refractivity contribution >= 4 is 11.8 Å². The maximum atomic E-state index is 12.9. The maximum Gasteiger partial charge on any atom is 0.209 e. The molecule has 0 fully saturated rings. The Hall–Kier alpha value is -2.74. The van der Waals surface area contributed by atoms with Gasteiger partial charge in [0, 0.05) is 5.75 Å². The summed E-state index contributed by atoms with van der Waals surface area (Å²) < 4.78 is 25.8. The van der Waals surface area contributed by atoms with Crippen molar-refractivity contribution in [3.8, 4) is 11.5 Å². The number of hydrogen-bond donors (Lipinski definition) is 1. The van der Waals surface area contributed by atoms with Crippen LogP contribution in [0.15, 0.2) is 47.6 Å². The molecular formula is C20H23FN4O2S. The minimum Gasteiger partial charge on any atom is -0.494 e. The Morgan fingerprint density at radius 2 is 1.75 bits per heavy atom. The molecule has 0 saturated carbocycles. The Kier molecular flexibility index (Phi) is 6.76. The number of rotatable bonds is 9. The zero-order chi connectivity index (χ0) is 19.9. The van der Waals surface area contributed by atoms with Gasteiger partial charge in [-0.3, -0.25) is 0 Å². The molecule has 2 aromatic carbocycles. The van der Waals surface area contributed by atoms with Gasteiger partial charge >= 0.3 is 0 Å². The van der Waals surface area contributed by atoms with Gasteiger partial charge in [0.25, 0.3) is 0 Å². The summed E-state index contributed by atoms with van der Waals surface area (Å²) in [6, 6.07) is 12.0. The fourth-order valence-electron chi connectivity index (χ4n) is 2.61. The molecule has 3 aromatic rings. The first kappa shape index (κ1) is 20.0. The highest BCUT2D eigenvalue weighted by atomic mass is 32.2. The van der Waals surface area contributed by atoms with Crippen molar-refractivity contribution in [2.45, 2.75) is 32.0 Å². The van der Waals surface area contributed by atoms with E-state index in [1.165, 1.54) is 28.6 Å². The van der Waals surface area contributed by atoms with Crippen LogP contribution in [0, 0.1) is 19.7 Å². The first-order chi connectivity index (χ1) is 13.5. The molecule has 0 bridgehead atoms. The first-order valence-electron chi connectivity index (χ1n) is 8.94. The van der Waals surface area contributed by atoms with Gasteiger partial charge in [0.15, 0.2) is 5.82 Å². The van der Waals surface area contributed by atoms with E-state index in [1.54, 1.807) is 12.1 Å². The van der Waals surface area contributed by atoms with Gasteiger partial charge in [-0.2, -0.15) is 0 Å². The number of nitrogens with two attached hydrogens (primary N) is 1. The highest BCUT2D eigenvalue weighted by Crippen LogP contribution is 2.24. The van der Waals surface area contributed by atoms with Gasteiger partial charge in [0.1, 0.15) is 23.9 Å². The smallest absolute Gasteiger partial charge is 0.209 e. The molecule has 8 heteroatoms. The van der Waals surface area contributed by atoms with Crippen LogP contribution >= 0.6 is 11.8 Å². The van der Waals surface area contributed by atoms with Crippen molar-refractivity contribution in [1.82, 2.24) is 14.9 Å². The van der Waals surface area contributed by atoms with Crippen LogP contribution in [0.5, 0.6) is 11.5 Å². The van der Waals surface area contributed by atoms with Crippen LogP contribution in [0.1, 0.15) is 23.4 Å². The van der Waals surface area contributed by atoms with Crippen LogP contribution in [-0.4, -0.2) is 27.2 Å². The Balaban J connectivity index is 1.44. The van der Waals surface area contributed by atoms with Crippen molar-refractivity contribution in [1.29, 1.82) is 0 Å². The van der Waals surface area contributed by atoms with E-state index in [2.05, 4.69) is 10.2 Å². The van der Waals surface area contributed by atoms with Crippen molar-refractivity contribution < 1.29 is 13.9 Å². The van der Waals surface area contributed by atoms with Crippen molar-refractivity contribution in [2.75, 3.05) is 18.2 Å². The predicted molar refractivity (Wildman–Crippen MR) is 108 cm³/mol. The maximum absolute atomic E-state index is 12.9. The van der Waals surface area contributed by atoms with Crippen LogP contribution in [0.2, 0.25) is 0 Å². The lowest BCUT2D eigenvalue weighted by atomic mass is 10.1. The van der Waals surface area contributed by atoms with E-state index >= 15 is 0 Å². The molecule has 0 saturated heterocycles. The third kappa shape index (κ3) is 5.16. The molecule has 0 amide bonds. The average Bonchev–Trinajstić information content (AvgIpc) is 3.02. The van der Waals surface area contributed by atoms with Crippen LogP contribution in [0.3, 0.4) is 0 Å². The van der Waals surface area contributed by atoms with E-state index in [-0.39, 0.29) is 12.4 Å². The lowest BCUT2D eigenvalue weighted by Gasteiger charge is -2.11. The Labute approximate surface area is 167 Å². The molecule has 6 nitrogen and oxygen atoms in total. The van der Waals surface area contributed by atoms with Crippen LogP contribution in [0.25, 0.3) is 0 Å². The molecule has 0 atom stereocenters. The van der Waals surface area contributed by atoms with E-state index < -0.39 is 0 Å². The summed E-state index contributed by atoms with van der Waals surface area (Å²) in [5.74, 6) is 8.64. The van der Waals surface area contributed by atoms with Gasteiger partial charge in [-0.05, 0) is 55.7 Å². The molecule has 28 heavy (non-hydrogen) atoms. The molecular weight excluding hydrogens is 379 g/mol. The fraction of sp³-hybridized carbons (Fsp3) is 0.300.